The molecule has 0 spiro atoms. The van der Waals surface area contributed by atoms with Crippen LogP contribution in [0.3, 0.4) is 0 Å². The number of thioether (sulfide) groups is 1. The van der Waals surface area contributed by atoms with E-state index in [4.69, 9.17) is 5.73 Å². The molecule has 2 aromatic carbocycles. The molecule has 1 saturated heterocycles. The second-order valence-corrected chi connectivity index (χ2v) is 7.72. The molecule has 2 heterocycles. The van der Waals surface area contributed by atoms with E-state index in [-0.39, 0.29) is 11.8 Å². The molecule has 4 heteroatoms. The SMILES string of the molecule is NC[C@@H]1CN(C(=O)C2CSc3ccccc32)C[C@H]1c1ccccc1. The average molecular weight is 338 g/mol. The lowest BCUT2D eigenvalue weighted by molar-refractivity contribution is -0.131. The van der Waals surface area contributed by atoms with E-state index in [1.54, 1.807) is 11.8 Å². The Balaban J connectivity index is 1.54. The van der Waals surface area contributed by atoms with Gasteiger partial charge < -0.3 is 10.6 Å². The van der Waals surface area contributed by atoms with Crippen molar-refractivity contribution in [3.63, 3.8) is 0 Å². The number of rotatable bonds is 3. The van der Waals surface area contributed by atoms with Crippen LogP contribution in [0.1, 0.15) is 23.0 Å². The van der Waals surface area contributed by atoms with Crippen molar-refractivity contribution in [2.24, 2.45) is 11.7 Å². The number of amides is 1. The summed E-state index contributed by atoms with van der Waals surface area (Å²) in [5, 5.41) is 0. The summed E-state index contributed by atoms with van der Waals surface area (Å²) >= 11 is 1.79. The molecule has 1 unspecified atom stereocenters. The molecule has 1 fully saturated rings. The summed E-state index contributed by atoms with van der Waals surface area (Å²) in [6, 6.07) is 18.8. The van der Waals surface area contributed by atoms with Gasteiger partial charge >= 0.3 is 0 Å². The summed E-state index contributed by atoms with van der Waals surface area (Å²) in [5.74, 6) is 1.83. The van der Waals surface area contributed by atoms with Crippen LogP contribution in [0.5, 0.6) is 0 Å². The lowest BCUT2D eigenvalue weighted by atomic mass is 9.89. The normalized spacial score (nSPS) is 25.7. The summed E-state index contributed by atoms with van der Waals surface area (Å²) in [7, 11) is 0. The summed E-state index contributed by atoms with van der Waals surface area (Å²) in [5.41, 5.74) is 8.50. The van der Waals surface area contributed by atoms with Crippen LogP contribution in [0.15, 0.2) is 59.5 Å². The third kappa shape index (κ3) is 2.74. The predicted octanol–water partition coefficient (Wildman–Crippen LogP) is 3.08. The molecule has 2 aromatic rings. The van der Waals surface area contributed by atoms with E-state index in [9.17, 15) is 4.79 Å². The van der Waals surface area contributed by atoms with E-state index in [0.29, 0.717) is 18.4 Å². The fraction of sp³-hybridized carbons (Fsp3) is 0.350. The maximum atomic E-state index is 13.1. The Morgan fingerprint density at radius 2 is 1.83 bits per heavy atom. The number of hydrogen-bond acceptors (Lipinski definition) is 3. The number of fused-ring (bicyclic) bond motifs is 1. The zero-order valence-electron chi connectivity index (χ0n) is 13.6. The minimum Gasteiger partial charge on any atom is -0.341 e. The summed E-state index contributed by atoms with van der Waals surface area (Å²) in [6.45, 7) is 2.19. The number of carbonyl (C=O) groups is 1. The van der Waals surface area contributed by atoms with Crippen molar-refractivity contribution < 1.29 is 4.79 Å². The highest BCUT2D eigenvalue weighted by atomic mass is 32.2. The van der Waals surface area contributed by atoms with Crippen molar-refractivity contribution in [1.82, 2.24) is 4.90 Å². The van der Waals surface area contributed by atoms with Gasteiger partial charge in [-0.1, -0.05) is 48.5 Å². The molecule has 3 atom stereocenters. The van der Waals surface area contributed by atoms with Gasteiger partial charge in [0.2, 0.25) is 5.91 Å². The standard InChI is InChI=1S/C20H22N2OS/c21-10-15-11-22(12-17(15)14-6-2-1-3-7-14)20(23)18-13-24-19-9-5-4-8-16(18)19/h1-9,15,17-18H,10-13,21H2/t15-,17+,18?/m1/s1. The predicted molar refractivity (Wildman–Crippen MR) is 98.2 cm³/mol. The summed E-state index contributed by atoms with van der Waals surface area (Å²) < 4.78 is 0. The fourth-order valence-corrected chi connectivity index (χ4v) is 5.18. The third-order valence-electron chi connectivity index (χ3n) is 5.28. The largest absolute Gasteiger partial charge is 0.341 e. The smallest absolute Gasteiger partial charge is 0.231 e. The number of nitrogens with zero attached hydrogens (tertiary/aromatic N) is 1. The lowest BCUT2D eigenvalue weighted by Crippen LogP contribution is -2.34. The Hall–Kier alpha value is -1.78. The Morgan fingerprint density at radius 3 is 2.62 bits per heavy atom. The van der Waals surface area contributed by atoms with Gasteiger partial charge in [0.15, 0.2) is 0 Å². The van der Waals surface area contributed by atoms with Gasteiger partial charge in [-0.15, -0.1) is 11.8 Å². The van der Waals surface area contributed by atoms with Crippen molar-refractivity contribution in [1.29, 1.82) is 0 Å². The van der Waals surface area contributed by atoms with Crippen molar-refractivity contribution >= 4 is 17.7 Å². The zero-order chi connectivity index (χ0) is 16.5. The molecule has 4 rings (SSSR count). The quantitative estimate of drug-likeness (QED) is 0.935. The molecule has 3 nitrogen and oxygen atoms in total. The van der Waals surface area contributed by atoms with Crippen LogP contribution in [-0.4, -0.2) is 36.2 Å². The number of nitrogens with two attached hydrogens (primary N) is 1. The molecule has 2 aliphatic heterocycles. The molecule has 2 aliphatic rings. The topological polar surface area (TPSA) is 46.3 Å². The van der Waals surface area contributed by atoms with Crippen LogP contribution >= 0.6 is 11.8 Å². The van der Waals surface area contributed by atoms with Crippen LogP contribution in [0.25, 0.3) is 0 Å². The molecule has 0 bridgehead atoms. The number of benzene rings is 2. The first-order valence-corrected chi connectivity index (χ1v) is 9.52. The Morgan fingerprint density at radius 1 is 1.08 bits per heavy atom. The zero-order valence-corrected chi connectivity index (χ0v) is 14.4. The van der Waals surface area contributed by atoms with Gasteiger partial charge in [0.25, 0.3) is 0 Å². The number of carbonyl (C=O) groups excluding carboxylic acids is 1. The second kappa shape index (κ2) is 6.61. The van der Waals surface area contributed by atoms with E-state index in [1.165, 1.54) is 16.0 Å². The summed E-state index contributed by atoms with van der Waals surface area (Å²) in [4.78, 5) is 16.4. The van der Waals surface area contributed by atoms with Crippen LogP contribution in [0, 0.1) is 5.92 Å². The van der Waals surface area contributed by atoms with Crippen LogP contribution in [0.4, 0.5) is 0 Å². The number of likely N-dealkylation sites (tertiary alicyclic amines) is 1. The third-order valence-corrected chi connectivity index (χ3v) is 6.46. The van der Waals surface area contributed by atoms with Crippen LogP contribution < -0.4 is 5.73 Å². The van der Waals surface area contributed by atoms with Crippen molar-refractivity contribution in [3.8, 4) is 0 Å². The van der Waals surface area contributed by atoms with E-state index < -0.39 is 0 Å². The van der Waals surface area contributed by atoms with Crippen LogP contribution in [0.2, 0.25) is 0 Å². The van der Waals surface area contributed by atoms with Gasteiger partial charge in [-0.3, -0.25) is 4.79 Å². The monoisotopic (exact) mass is 338 g/mol. The first-order valence-electron chi connectivity index (χ1n) is 8.53. The van der Waals surface area contributed by atoms with Gasteiger partial charge in [-0.25, -0.2) is 0 Å². The molecule has 124 valence electrons. The molecule has 0 radical (unpaired) electrons. The average Bonchev–Trinajstić information content (AvgIpc) is 3.26. The van der Waals surface area contributed by atoms with Crippen molar-refractivity contribution in [3.05, 3.63) is 65.7 Å². The lowest BCUT2D eigenvalue weighted by Gasteiger charge is -2.21. The second-order valence-electron chi connectivity index (χ2n) is 6.66. The molecular formula is C20H22N2OS. The molecule has 2 N–H and O–H groups in total. The van der Waals surface area contributed by atoms with Crippen molar-refractivity contribution in [2.45, 2.75) is 16.7 Å². The van der Waals surface area contributed by atoms with Gasteiger partial charge in [0, 0.05) is 29.7 Å². The highest BCUT2D eigenvalue weighted by Crippen LogP contribution is 2.42. The fourth-order valence-electron chi connectivity index (χ4n) is 3.96. The molecular weight excluding hydrogens is 316 g/mol. The minimum absolute atomic E-state index is 0.000789. The maximum Gasteiger partial charge on any atom is 0.231 e. The summed E-state index contributed by atoms with van der Waals surface area (Å²) in [6.07, 6.45) is 0. The molecule has 24 heavy (non-hydrogen) atoms. The van der Waals surface area contributed by atoms with Crippen LogP contribution in [-0.2, 0) is 4.79 Å². The van der Waals surface area contributed by atoms with Crippen molar-refractivity contribution in [2.75, 3.05) is 25.4 Å². The van der Waals surface area contributed by atoms with Gasteiger partial charge in [-0.2, -0.15) is 0 Å². The van der Waals surface area contributed by atoms with E-state index in [2.05, 4.69) is 36.4 Å². The minimum atomic E-state index is -0.000789. The van der Waals surface area contributed by atoms with Gasteiger partial charge in [0.05, 0.1) is 5.92 Å². The van der Waals surface area contributed by atoms with Gasteiger partial charge in [0.1, 0.15) is 0 Å². The van der Waals surface area contributed by atoms with E-state index in [1.807, 2.05) is 23.1 Å². The van der Waals surface area contributed by atoms with E-state index >= 15 is 0 Å². The molecule has 0 saturated carbocycles. The first kappa shape index (κ1) is 15.7. The first-order chi connectivity index (χ1) is 11.8. The van der Waals surface area contributed by atoms with E-state index in [0.717, 1.165) is 18.8 Å². The van der Waals surface area contributed by atoms with Gasteiger partial charge in [-0.05, 0) is 29.7 Å². The highest BCUT2D eigenvalue weighted by Gasteiger charge is 2.39. The Kier molecular flexibility index (Phi) is 4.33. The number of hydrogen-bond donors (Lipinski definition) is 1. The Bertz CT molecular complexity index is 733. The maximum absolute atomic E-state index is 13.1. The molecule has 1 amide bonds. The molecule has 0 aliphatic carbocycles. The molecule has 0 aromatic heterocycles. The highest BCUT2D eigenvalue weighted by molar-refractivity contribution is 7.99. The Labute approximate surface area is 147 Å².